The Bertz CT molecular complexity index is 951. The molecule has 1 amide bonds. The van der Waals surface area contributed by atoms with Crippen molar-refractivity contribution in [1.29, 1.82) is 0 Å². The number of anilines is 1. The molecule has 0 radical (unpaired) electrons. The number of hydrogen-bond donors (Lipinski definition) is 2. The van der Waals surface area contributed by atoms with Gasteiger partial charge in [0.2, 0.25) is 5.91 Å². The van der Waals surface area contributed by atoms with Crippen molar-refractivity contribution in [2.75, 3.05) is 38.3 Å². The molecule has 2 aromatic rings. The zero-order chi connectivity index (χ0) is 23.8. The number of hydrogen-bond acceptors (Lipinski definition) is 6. The van der Waals surface area contributed by atoms with Gasteiger partial charge >= 0.3 is 0 Å². The minimum Gasteiger partial charge on any atom is -0.490 e. The van der Waals surface area contributed by atoms with Crippen LogP contribution < -0.4 is 29.6 Å². The van der Waals surface area contributed by atoms with Crippen molar-refractivity contribution < 1.29 is 23.7 Å². The molecule has 0 saturated carbocycles. The molecule has 1 heterocycles. The molecule has 3 rings (SSSR count). The first-order valence-electron chi connectivity index (χ1n) is 11.4. The predicted octanol–water partition coefficient (Wildman–Crippen LogP) is 5.22. The smallest absolute Gasteiger partial charge is 0.238 e. The maximum atomic E-state index is 12.7. The maximum Gasteiger partial charge on any atom is 0.238 e. The van der Waals surface area contributed by atoms with E-state index in [2.05, 4.69) is 24.5 Å². The summed E-state index contributed by atoms with van der Waals surface area (Å²) in [6, 6.07) is 9.23. The van der Waals surface area contributed by atoms with Gasteiger partial charge in [-0.3, -0.25) is 4.79 Å². The van der Waals surface area contributed by atoms with Crippen LogP contribution in [0, 0.1) is 5.92 Å². The Balaban J connectivity index is 1.69. The largest absolute Gasteiger partial charge is 0.490 e. The molecule has 33 heavy (non-hydrogen) atoms. The second-order valence-electron chi connectivity index (χ2n) is 8.05. The highest BCUT2D eigenvalue weighted by Gasteiger charge is 2.20. The van der Waals surface area contributed by atoms with Crippen molar-refractivity contribution in [3.05, 3.63) is 40.9 Å². The minimum absolute atomic E-state index is 0.0510. The van der Waals surface area contributed by atoms with E-state index in [0.29, 0.717) is 60.1 Å². The second-order valence-corrected chi connectivity index (χ2v) is 8.46. The van der Waals surface area contributed by atoms with Gasteiger partial charge in [0.15, 0.2) is 23.0 Å². The molecular weight excluding hydrogens is 444 g/mol. The molecule has 0 aliphatic carbocycles. The molecule has 0 aromatic heterocycles. The number of rotatable bonds is 10. The van der Waals surface area contributed by atoms with Crippen LogP contribution in [0.2, 0.25) is 5.02 Å². The van der Waals surface area contributed by atoms with Crippen molar-refractivity contribution in [2.45, 2.75) is 40.2 Å². The normalized spacial score (nSPS) is 13.9. The number of benzene rings is 2. The van der Waals surface area contributed by atoms with Crippen LogP contribution in [0.5, 0.6) is 23.0 Å². The van der Waals surface area contributed by atoms with Gasteiger partial charge in [-0.2, -0.15) is 0 Å². The Hall–Kier alpha value is -2.64. The molecular formula is C25H33ClN2O5. The molecule has 0 bridgehead atoms. The molecule has 2 aromatic carbocycles. The lowest BCUT2D eigenvalue weighted by Crippen LogP contribution is -2.33. The summed E-state index contributed by atoms with van der Waals surface area (Å²) in [5.74, 6) is 2.63. The summed E-state index contributed by atoms with van der Waals surface area (Å²) in [6.07, 6.45) is 0.797. The number of halogens is 1. The van der Waals surface area contributed by atoms with Crippen molar-refractivity contribution >= 4 is 23.2 Å². The Kier molecular flexibility index (Phi) is 9.09. The lowest BCUT2D eigenvalue weighted by Gasteiger charge is -2.24. The van der Waals surface area contributed by atoms with E-state index in [4.69, 9.17) is 30.5 Å². The lowest BCUT2D eigenvalue weighted by molar-refractivity contribution is -0.115. The Morgan fingerprint density at radius 2 is 1.70 bits per heavy atom. The molecule has 1 atom stereocenters. The Labute approximate surface area is 200 Å². The maximum absolute atomic E-state index is 12.7. The number of fused-ring (bicyclic) bond motifs is 1. The SMILES string of the molecule is CCOc1ccc([C@@H](NCC(=O)Nc2cc3c(cc2Cl)OCCCO3)C(C)C)cc1OCC. The van der Waals surface area contributed by atoms with Crippen LogP contribution in [0.3, 0.4) is 0 Å². The van der Waals surface area contributed by atoms with Crippen molar-refractivity contribution in [2.24, 2.45) is 5.92 Å². The number of nitrogens with one attached hydrogen (secondary N) is 2. The number of amides is 1. The van der Waals surface area contributed by atoms with Crippen molar-refractivity contribution in [3.8, 4) is 23.0 Å². The molecule has 0 spiro atoms. The third-order valence-corrected chi connectivity index (χ3v) is 5.50. The number of carbonyl (C=O) groups is 1. The topological polar surface area (TPSA) is 78.1 Å². The van der Waals surface area contributed by atoms with Crippen LogP contribution in [0.4, 0.5) is 5.69 Å². The summed E-state index contributed by atoms with van der Waals surface area (Å²) in [4.78, 5) is 12.7. The summed E-state index contributed by atoms with van der Waals surface area (Å²) in [7, 11) is 0. The fraction of sp³-hybridized carbons (Fsp3) is 0.480. The van der Waals surface area contributed by atoms with E-state index >= 15 is 0 Å². The van der Waals surface area contributed by atoms with Crippen molar-refractivity contribution in [3.63, 3.8) is 0 Å². The van der Waals surface area contributed by atoms with E-state index in [1.54, 1.807) is 12.1 Å². The average molecular weight is 477 g/mol. The highest BCUT2D eigenvalue weighted by Crippen LogP contribution is 2.38. The first-order valence-corrected chi connectivity index (χ1v) is 11.8. The highest BCUT2D eigenvalue weighted by atomic mass is 35.5. The molecule has 7 nitrogen and oxygen atoms in total. The predicted molar refractivity (Wildman–Crippen MR) is 130 cm³/mol. The zero-order valence-corrected chi connectivity index (χ0v) is 20.5. The van der Waals surface area contributed by atoms with Gasteiger partial charge in [-0.25, -0.2) is 0 Å². The van der Waals surface area contributed by atoms with Crippen LogP contribution >= 0.6 is 11.6 Å². The third-order valence-electron chi connectivity index (χ3n) is 5.19. The van der Waals surface area contributed by atoms with Crippen LogP contribution in [-0.2, 0) is 4.79 Å². The monoisotopic (exact) mass is 476 g/mol. The van der Waals surface area contributed by atoms with E-state index in [1.807, 2.05) is 32.0 Å². The quantitative estimate of drug-likeness (QED) is 0.489. The Morgan fingerprint density at radius 1 is 1.03 bits per heavy atom. The van der Waals surface area contributed by atoms with E-state index < -0.39 is 0 Å². The van der Waals surface area contributed by atoms with Crippen LogP contribution in [-0.4, -0.2) is 38.9 Å². The van der Waals surface area contributed by atoms with Gasteiger partial charge in [-0.05, 0) is 37.5 Å². The summed E-state index contributed by atoms with van der Waals surface area (Å²) in [6.45, 7) is 10.4. The number of ether oxygens (including phenoxy) is 4. The standard InChI is InChI=1S/C25H33ClN2O5/c1-5-30-20-9-8-17(12-21(20)31-6-2)25(16(3)4)27-15-24(29)28-19-14-23-22(13-18(19)26)32-10-7-11-33-23/h8-9,12-14,16,25,27H,5-7,10-11,15H2,1-4H3,(H,28,29)/t25-/m0/s1. The van der Waals surface area contributed by atoms with Crippen molar-refractivity contribution in [1.82, 2.24) is 5.32 Å². The second kappa shape index (κ2) is 12.0. The molecule has 0 fully saturated rings. The van der Waals surface area contributed by atoms with E-state index in [9.17, 15) is 4.79 Å². The summed E-state index contributed by atoms with van der Waals surface area (Å²) < 4.78 is 22.8. The van der Waals surface area contributed by atoms with Gasteiger partial charge in [0.25, 0.3) is 0 Å². The van der Waals surface area contributed by atoms with Gasteiger partial charge in [-0.15, -0.1) is 0 Å². The van der Waals surface area contributed by atoms with E-state index in [1.165, 1.54) is 0 Å². The van der Waals surface area contributed by atoms with Gasteiger partial charge < -0.3 is 29.6 Å². The first kappa shape index (κ1) is 25.0. The first-order chi connectivity index (χ1) is 15.9. The summed E-state index contributed by atoms with van der Waals surface area (Å²) in [5.41, 5.74) is 1.52. The zero-order valence-electron chi connectivity index (χ0n) is 19.7. The van der Waals surface area contributed by atoms with Crippen LogP contribution in [0.25, 0.3) is 0 Å². The number of carbonyl (C=O) groups excluding carboxylic acids is 1. The summed E-state index contributed by atoms with van der Waals surface area (Å²) in [5, 5.41) is 6.63. The van der Waals surface area contributed by atoms with Gasteiger partial charge in [-0.1, -0.05) is 31.5 Å². The highest BCUT2D eigenvalue weighted by molar-refractivity contribution is 6.34. The fourth-order valence-corrected chi connectivity index (χ4v) is 3.88. The Morgan fingerprint density at radius 3 is 2.36 bits per heavy atom. The van der Waals surface area contributed by atoms with Gasteiger partial charge in [0.1, 0.15) is 0 Å². The van der Waals surface area contributed by atoms with Gasteiger partial charge in [0.05, 0.1) is 43.7 Å². The van der Waals surface area contributed by atoms with Crippen LogP contribution in [0.15, 0.2) is 30.3 Å². The molecule has 180 valence electrons. The average Bonchev–Trinajstić information content (AvgIpc) is 3.00. The van der Waals surface area contributed by atoms with E-state index in [-0.39, 0.29) is 24.4 Å². The van der Waals surface area contributed by atoms with E-state index in [0.717, 1.165) is 12.0 Å². The minimum atomic E-state index is -0.201. The van der Waals surface area contributed by atoms with Gasteiger partial charge in [0, 0.05) is 24.6 Å². The molecule has 2 N–H and O–H groups in total. The molecule has 0 unspecified atom stereocenters. The molecule has 8 heteroatoms. The molecule has 1 aliphatic rings. The summed E-state index contributed by atoms with van der Waals surface area (Å²) >= 11 is 6.36. The van der Waals surface area contributed by atoms with Crippen LogP contribution in [0.1, 0.15) is 45.7 Å². The third kappa shape index (κ3) is 6.68. The lowest BCUT2D eigenvalue weighted by atomic mass is 9.95. The molecule has 0 saturated heterocycles. The fourth-order valence-electron chi connectivity index (χ4n) is 3.68. The molecule has 1 aliphatic heterocycles.